The van der Waals surface area contributed by atoms with Crippen LogP contribution >= 0.6 is 0 Å². The van der Waals surface area contributed by atoms with E-state index in [0.29, 0.717) is 13.1 Å². The first-order chi connectivity index (χ1) is 12.6. The highest BCUT2D eigenvalue weighted by atomic mass is 16.2. The quantitative estimate of drug-likeness (QED) is 0.722. The van der Waals surface area contributed by atoms with Crippen molar-refractivity contribution in [3.8, 4) is 0 Å². The van der Waals surface area contributed by atoms with Crippen molar-refractivity contribution < 1.29 is 14.4 Å². The van der Waals surface area contributed by atoms with Crippen molar-refractivity contribution in [1.82, 2.24) is 9.80 Å². The molecule has 26 heavy (non-hydrogen) atoms. The fourth-order valence-electron chi connectivity index (χ4n) is 3.08. The molecule has 1 fully saturated rings. The molecule has 1 saturated heterocycles. The second-order valence-corrected chi connectivity index (χ2v) is 6.41. The van der Waals surface area contributed by atoms with Crippen LogP contribution in [-0.2, 0) is 27.5 Å². The van der Waals surface area contributed by atoms with Gasteiger partial charge in [0.05, 0.1) is 0 Å². The molecule has 0 aromatic heterocycles. The molecule has 1 aliphatic rings. The predicted molar refractivity (Wildman–Crippen MR) is 97.7 cm³/mol. The standard InChI is InChI=1S/C21H22N2O3/c24-19(13-14-23-20(25)11-12-21(23)26)22(15-17-7-3-1-4-8-17)16-18-9-5-2-6-10-18/h1-10H,11-16H2. The summed E-state index contributed by atoms with van der Waals surface area (Å²) >= 11 is 0. The Hall–Kier alpha value is -2.95. The van der Waals surface area contributed by atoms with E-state index >= 15 is 0 Å². The highest BCUT2D eigenvalue weighted by molar-refractivity contribution is 6.02. The van der Waals surface area contributed by atoms with Gasteiger partial charge in [-0.1, -0.05) is 60.7 Å². The molecule has 0 saturated carbocycles. The lowest BCUT2D eigenvalue weighted by atomic mass is 10.1. The lowest BCUT2D eigenvalue weighted by Gasteiger charge is -2.24. The Morgan fingerprint density at radius 3 is 1.73 bits per heavy atom. The average molecular weight is 350 g/mol. The van der Waals surface area contributed by atoms with Crippen molar-refractivity contribution in [2.75, 3.05) is 6.54 Å². The zero-order valence-electron chi connectivity index (χ0n) is 14.6. The summed E-state index contributed by atoms with van der Waals surface area (Å²) in [6.07, 6.45) is 0.659. The van der Waals surface area contributed by atoms with Gasteiger partial charge in [0.15, 0.2) is 0 Å². The van der Waals surface area contributed by atoms with Crippen molar-refractivity contribution in [3.63, 3.8) is 0 Å². The summed E-state index contributed by atoms with van der Waals surface area (Å²) in [5.41, 5.74) is 2.09. The molecule has 2 aromatic rings. The number of imide groups is 1. The van der Waals surface area contributed by atoms with Gasteiger partial charge in [0.2, 0.25) is 17.7 Å². The summed E-state index contributed by atoms with van der Waals surface area (Å²) < 4.78 is 0. The van der Waals surface area contributed by atoms with E-state index in [1.165, 1.54) is 4.90 Å². The number of amides is 3. The molecule has 3 rings (SSSR count). The maximum atomic E-state index is 12.8. The number of hydrogen-bond acceptors (Lipinski definition) is 3. The van der Waals surface area contributed by atoms with Gasteiger partial charge in [0.25, 0.3) is 0 Å². The van der Waals surface area contributed by atoms with E-state index in [9.17, 15) is 14.4 Å². The minimum absolute atomic E-state index is 0.0646. The Kier molecular flexibility index (Phi) is 5.79. The largest absolute Gasteiger partial charge is 0.334 e. The Morgan fingerprint density at radius 1 is 0.808 bits per heavy atom. The molecule has 0 unspecified atom stereocenters. The molecular formula is C21H22N2O3. The molecule has 0 radical (unpaired) electrons. The number of nitrogens with zero attached hydrogens (tertiary/aromatic N) is 2. The fraction of sp³-hybridized carbons (Fsp3) is 0.286. The van der Waals surface area contributed by atoms with Crippen LogP contribution in [0, 0.1) is 0 Å². The van der Waals surface area contributed by atoms with Gasteiger partial charge in [-0.05, 0) is 11.1 Å². The molecule has 0 N–H and O–H groups in total. The summed E-state index contributed by atoms with van der Waals surface area (Å²) in [4.78, 5) is 39.2. The Morgan fingerprint density at radius 2 is 1.27 bits per heavy atom. The zero-order valence-corrected chi connectivity index (χ0v) is 14.6. The van der Waals surface area contributed by atoms with Gasteiger partial charge < -0.3 is 4.90 Å². The lowest BCUT2D eigenvalue weighted by Crippen LogP contribution is -2.36. The molecule has 3 amide bonds. The lowest BCUT2D eigenvalue weighted by molar-refractivity contribution is -0.139. The normalized spacial score (nSPS) is 13.9. The molecule has 1 aliphatic heterocycles. The molecule has 5 heteroatoms. The molecule has 0 atom stereocenters. The van der Waals surface area contributed by atoms with Gasteiger partial charge in [-0.3, -0.25) is 19.3 Å². The molecule has 1 heterocycles. The third-order valence-corrected chi connectivity index (χ3v) is 4.49. The van der Waals surface area contributed by atoms with Crippen LogP contribution in [0.25, 0.3) is 0 Å². The topological polar surface area (TPSA) is 57.7 Å². The van der Waals surface area contributed by atoms with Crippen LogP contribution in [0.4, 0.5) is 0 Å². The molecular weight excluding hydrogens is 328 g/mol. The predicted octanol–water partition coefficient (Wildman–Crippen LogP) is 2.75. The number of likely N-dealkylation sites (tertiary alicyclic amines) is 1. The number of hydrogen-bond donors (Lipinski definition) is 0. The summed E-state index contributed by atoms with van der Waals surface area (Å²) in [6.45, 7) is 1.16. The summed E-state index contributed by atoms with van der Waals surface area (Å²) in [5, 5.41) is 0. The van der Waals surface area contributed by atoms with E-state index in [-0.39, 0.29) is 43.5 Å². The second-order valence-electron chi connectivity index (χ2n) is 6.41. The first-order valence-corrected chi connectivity index (χ1v) is 8.82. The third kappa shape index (κ3) is 4.57. The van der Waals surface area contributed by atoms with Crippen molar-refractivity contribution in [1.29, 1.82) is 0 Å². The van der Waals surface area contributed by atoms with Crippen LogP contribution in [0.5, 0.6) is 0 Å². The highest BCUT2D eigenvalue weighted by Gasteiger charge is 2.29. The Labute approximate surface area is 153 Å². The van der Waals surface area contributed by atoms with Gasteiger partial charge in [0.1, 0.15) is 0 Å². The van der Waals surface area contributed by atoms with Crippen molar-refractivity contribution in [2.24, 2.45) is 0 Å². The number of carbonyl (C=O) groups is 3. The Balaban J connectivity index is 1.68. The van der Waals surface area contributed by atoms with E-state index in [1.54, 1.807) is 4.90 Å². The number of carbonyl (C=O) groups excluding carboxylic acids is 3. The monoisotopic (exact) mass is 350 g/mol. The molecule has 0 aliphatic carbocycles. The van der Waals surface area contributed by atoms with Crippen LogP contribution in [0.3, 0.4) is 0 Å². The minimum Gasteiger partial charge on any atom is -0.334 e. The van der Waals surface area contributed by atoms with Crippen LogP contribution in [0.15, 0.2) is 60.7 Å². The van der Waals surface area contributed by atoms with E-state index in [2.05, 4.69) is 0 Å². The van der Waals surface area contributed by atoms with Crippen LogP contribution in [0.2, 0.25) is 0 Å². The summed E-state index contributed by atoms with van der Waals surface area (Å²) in [6, 6.07) is 19.6. The van der Waals surface area contributed by atoms with Gasteiger partial charge in [-0.15, -0.1) is 0 Å². The second kappa shape index (κ2) is 8.43. The third-order valence-electron chi connectivity index (χ3n) is 4.49. The molecule has 2 aromatic carbocycles. The molecule has 5 nitrogen and oxygen atoms in total. The van der Waals surface area contributed by atoms with E-state index in [1.807, 2.05) is 60.7 Å². The fourth-order valence-corrected chi connectivity index (χ4v) is 3.08. The van der Waals surface area contributed by atoms with Crippen molar-refractivity contribution in [2.45, 2.75) is 32.4 Å². The zero-order chi connectivity index (χ0) is 18.4. The SMILES string of the molecule is O=C(CCN1C(=O)CCC1=O)N(Cc1ccccc1)Cc1ccccc1. The number of benzene rings is 2. The summed E-state index contributed by atoms with van der Waals surface area (Å²) in [5.74, 6) is -0.425. The number of rotatable bonds is 7. The summed E-state index contributed by atoms with van der Waals surface area (Å²) in [7, 11) is 0. The van der Waals surface area contributed by atoms with Crippen LogP contribution in [-0.4, -0.2) is 34.1 Å². The maximum Gasteiger partial charge on any atom is 0.229 e. The van der Waals surface area contributed by atoms with E-state index in [0.717, 1.165) is 11.1 Å². The van der Waals surface area contributed by atoms with Gasteiger partial charge in [-0.2, -0.15) is 0 Å². The van der Waals surface area contributed by atoms with Gasteiger partial charge >= 0.3 is 0 Å². The molecule has 0 spiro atoms. The van der Waals surface area contributed by atoms with Crippen LogP contribution in [0.1, 0.15) is 30.4 Å². The molecule has 134 valence electrons. The van der Waals surface area contributed by atoms with Crippen molar-refractivity contribution >= 4 is 17.7 Å². The Bertz CT molecular complexity index is 717. The van der Waals surface area contributed by atoms with E-state index < -0.39 is 0 Å². The smallest absolute Gasteiger partial charge is 0.229 e. The molecule has 0 bridgehead atoms. The van der Waals surface area contributed by atoms with E-state index in [4.69, 9.17) is 0 Å². The van der Waals surface area contributed by atoms with Crippen LogP contribution < -0.4 is 0 Å². The highest BCUT2D eigenvalue weighted by Crippen LogP contribution is 2.15. The van der Waals surface area contributed by atoms with Gasteiger partial charge in [-0.25, -0.2) is 0 Å². The first-order valence-electron chi connectivity index (χ1n) is 8.82. The maximum absolute atomic E-state index is 12.8. The van der Waals surface area contributed by atoms with Gasteiger partial charge in [0, 0.05) is 38.9 Å². The van der Waals surface area contributed by atoms with Crippen molar-refractivity contribution in [3.05, 3.63) is 71.8 Å². The average Bonchev–Trinajstić information content (AvgIpc) is 2.99. The minimum atomic E-state index is -0.180. The first kappa shape index (κ1) is 17.9.